The van der Waals surface area contributed by atoms with Crippen molar-refractivity contribution >= 4 is 11.3 Å². The average Bonchev–Trinajstić information content (AvgIpc) is 2.67. The molecule has 0 aliphatic carbocycles. The van der Waals surface area contributed by atoms with Crippen molar-refractivity contribution in [3.63, 3.8) is 0 Å². The van der Waals surface area contributed by atoms with Crippen LogP contribution in [-0.4, -0.2) is 36.1 Å². The van der Waals surface area contributed by atoms with Crippen molar-refractivity contribution in [1.29, 1.82) is 0 Å². The van der Waals surface area contributed by atoms with E-state index in [2.05, 4.69) is 50.0 Å². The van der Waals surface area contributed by atoms with E-state index in [-0.39, 0.29) is 0 Å². The molecule has 1 aromatic rings. The van der Waals surface area contributed by atoms with E-state index in [1.54, 1.807) is 0 Å². The molecule has 1 aromatic heterocycles. The van der Waals surface area contributed by atoms with Crippen molar-refractivity contribution in [2.24, 2.45) is 0 Å². The highest BCUT2D eigenvalue weighted by Gasteiger charge is 2.26. The van der Waals surface area contributed by atoms with Crippen LogP contribution in [0.5, 0.6) is 0 Å². The number of nitrogens with one attached hydrogen (secondary N) is 1. The molecule has 3 atom stereocenters. The highest BCUT2D eigenvalue weighted by atomic mass is 32.1. The summed E-state index contributed by atoms with van der Waals surface area (Å²) in [5, 5.41) is 3.55. The van der Waals surface area contributed by atoms with Gasteiger partial charge in [-0.3, -0.25) is 4.90 Å². The Morgan fingerprint density at radius 1 is 1.47 bits per heavy atom. The van der Waals surface area contributed by atoms with Crippen molar-refractivity contribution in [3.05, 3.63) is 21.9 Å². The maximum atomic E-state index is 3.55. The van der Waals surface area contributed by atoms with Crippen LogP contribution in [0.15, 0.2) is 12.1 Å². The first-order valence-corrected chi connectivity index (χ1v) is 7.42. The molecule has 0 saturated carbocycles. The first-order chi connectivity index (χ1) is 8.06. The second-order valence-corrected chi connectivity index (χ2v) is 6.79. The summed E-state index contributed by atoms with van der Waals surface area (Å²) >= 11 is 1.94. The molecular formula is C14H24N2S. The Hall–Kier alpha value is -0.380. The van der Waals surface area contributed by atoms with Crippen molar-refractivity contribution in [3.8, 4) is 0 Å². The van der Waals surface area contributed by atoms with Gasteiger partial charge in [-0.25, -0.2) is 0 Å². The van der Waals surface area contributed by atoms with Crippen LogP contribution in [-0.2, 0) is 6.42 Å². The molecule has 1 aliphatic rings. The standard InChI is InChI=1S/C14H24N2S/c1-10-9-16(12(3)8-15-10)11(2)7-14-6-5-13(4)17-14/h5-6,10-12,15H,7-9H2,1-4H3. The van der Waals surface area contributed by atoms with E-state index < -0.39 is 0 Å². The molecule has 1 fully saturated rings. The Labute approximate surface area is 109 Å². The van der Waals surface area contributed by atoms with Crippen LogP contribution in [0.4, 0.5) is 0 Å². The van der Waals surface area contributed by atoms with Crippen molar-refractivity contribution in [1.82, 2.24) is 10.2 Å². The van der Waals surface area contributed by atoms with Crippen LogP contribution in [0.25, 0.3) is 0 Å². The smallest absolute Gasteiger partial charge is 0.0196 e. The summed E-state index contributed by atoms with van der Waals surface area (Å²) in [5.74, 6) is 0. The largest absolute Gasteiger partial charge is 0.311 e. The monoisotopic (exact) mass is 252 g/mol. The fourth-order valence-corrected chi connectivity index (χ4v) is 3.68. The Bertz CT molecular complexity index is 361. The van der Waals surface area contributed by atoms with E-state index >= 15 is 0 Å². The molecule has 0 amide bonds. The summed E-state index contributed by atoms with van der Waals surface area (Å²) in [4.78, 5) is 5.60. The topological polar surface area (TPSA) is 15.3 Å². The molecule has 2 heterocycles. The summed E-state index contributed by atoms with van der Waals surface area (Å²) < 4.78 is 0. The Balaban J connectivity index is 1.96. The molecular weight excluding hydrogens is 228 g/mol. The van der Waals surface area contributed by atoms with Gasteiger partial charge < -0.3 is 5.32 Å². The minimum absolute atomic E-state index is 0.624. The van der Waals surface area contributed by atoms with Gasteiger partial charge in [-0.1, -0.05) is 0 Å². The van der Waals surface area contributed by atoms with E-state index in [1.807, 2.05) is 11.3 Å². The molecule has 1 aliphatic heterocycles. The predicted molar refractivity (Wildman–Crippen MR) is 75.9 cm³/mol. The molecule has 3 unspecified atom stereocenters. The molecule has 3 heteroatoms. The maximum absolute atomic E-state index is 3.55. The zero-order valence-electron chi connectivity index (χ0n) is 11.4. The average molecular weight is 252 g/mol. The predicted octanol–water partition coefficient (Wildman–Crippen LogP) is 2.67. The molecule has 1 N–H and O–H groups in total. The molecule has 96 valence electrons. The number of hydrogen-bond acceptors (Lipinski definition) is 3. The third kappa shape index (κ3) is 3.30. The third-order valence-electron chi connectivity index (χ3n) is 3.67. The number of rotatable bonds is 3. The normalized spacial score (nSPS) is 28.2. The zero-order valence-corrected chi connectivity index (χ0v) is 12.2. The summed E-state index contributed by atoms with van der Waals surface area (Å²) in [6.07, 6.45) is 1.19. The van der Waals surface area contributed by atoms with Crippen molar-refractivity contribution in [2.75, 3.05) is 13.1 Å². The first-order valence-electron chi connectivity index (χ1n) is 6.60. The number of piperazine rings is 1. The molecule has 0 bridgehead atoms. The molecule has 0 spiro atoms. The highest BCUT2D eigenvalue weighted by Crippen LogP contribution is 2.20. The number of nitrogens with zero attached hydrogens (tertiary/aromatic N) is 1. The summed E-state index contributed by atoms with van der Waals surface area (Å²) in [6, 6.07) is 6.44. The van der Waals surface area contributed by atoms with Crippen LogP contribution in [0.1, 0.15) is 30.5 Å². The van der Waals surface area contributed by atoms with Gasteiger partial charge in [0.15, 0.2) is 0 Å². The summed E-state index contributed by atoms with van der Waals surface area (Å²) in [6.45, 7) is 11.5. The van der Waals surface area contributed by atoms with Gasteiger partial charge in [0, 0.05) is 41.0 Å². The van der Waals surface area contributed by atoms with Crippen molar-refractivity contribution in [2.45, 2.75) is 52.2 Å². The number of thiophene rings is 1. The van der Waals surface area contributed by atoms with E-state index in [0.717, 1.165) is 6.54 Å². The lowest BCUT2D eigenvalue weighted by Crippen LogP contribution is -2.57. The SMILES string of the molecule is Cc1ccc(CC(C)N2CC(C)NCC2C)s1. The van der Waals surface area contributed by atoms with E-state index in [4.69, 9.17) is 0 Å². The van der Waals surface area contributed by atoms with Crippen LogP contribution in [0.3, 0.4) is 0 Å². The van der Waals surface area contributed by atoms with Gasteiger partial charge in [0.05, 0.1) is 0 Å². The number of hydrogen-bond donors (Lipinski definition) is 1. The molecule has 0 aromatic carbocycles. The van der Waals surface area contributed by atoms with Gasteiger partial charge in [-0.2, -0.15) is 0 Å². The van der Waals surface area contributed by atoms with Crippen LogP contribution >= 0.6 is 11.3 Å². The summed E-state index contributed by atoms with van der Waals surface area (Å²) in [7, 11) is 0. The van der Waals surface area contributed by atoms with E-state index in [1.165, 1.54) is 22.7 Å². The van der Waals surface area contributed by atoms with Gasteiger partial charge >= 0.3 is 0 Å². The third-order valence-corrected chi connectivity index (χ3v) is 4.69. The molecule has 17 heavy (non-hydrogen) atoms. The zero-order chi connectivity index (χ0) is 12.4. The van der Waals surface area contributed by atoms with Crippen LogP contribution < -0.4 is 5.32 Å². The number of aryl methyl sites for hydroxylation is 1. The van der Waals surface area contributed by atoms with Crippen LogP contribution in [0.2, 0.25) is 0 Å². The van der Waals surface area contributed by atoms with Gasteiger partial charge in [-0.15, -0.1) is 11.3 Å². The fourth-order valence-electron chi connectivity index (χ4n) is 2.67. The Kier molecular flexibility index (Phi) is 4.23. The lowest BCUT2D eigenvalue weighted by atomic mass is 10.1. The molecule has 2 rings (SSSR count). The van der Waals surface area contributed by atoms with Gasteiger partial charge in [0.2, 0.25) is 0 Å². The second kappa shape index (κ2) is 5.51. The Morgan fingerprint density at radius 2 is 2.24 bits per heavy atom. The molecule has 0 radical (unpaired) electrons. The fraction of sp³-hybridized carbons (Fsp3) is 0.714. The van der Waals surface area contributed by atoms with Gasteiger partial charge in [-0.05, 0) is 46.2 Å². The quantitative estimate of drug-likeness (QED) is 0.890. The maximum Gasteiger partial charge on any atom is 0.0196 e. The minimum atomic E-state index is 0.624. The highest BCUT2D eigenvalue weighted by molar-refractivity contribution is 7.11. The second-order valence-electron chi connectivity index (χ2n) is 5.42. The lowest BCUT2D eigenvalue weighted by Gasteiger charge is -2.41. The first kappa shape index (κ1) is 13.1. The molecule has 1 saturated heterocycles. The van der Waals surface area contributed by atoms with E-state index in [0.29, 0.717) is 18.1 Å². The summed E-state index contributed by atoms with van der Waals surface area (Å²) in [5.41, 5.74) is 0. The van der Waals surface area contributed by atoms with Crippen molar-refractivity contribution < 1.29 is 0 Å². The molecule has 2 nitrogen and oxygen atoms in total. The Morgan fingerprint density at radius 3 is 2.88 bits per heavy atom. The lowest BCUT2D eigenvalue weighted by molar-refractivity contribution is 0.104. The van der Waals surface area contributed by atoms with E-state index in [9.17, 15) is 0 Å². The minimum Gasteiger partial charge on any atom is -0.311 e. The van der Waals surface area contributed by atoms with Gasteiger partial charge in [0.25, 0.3) is 0 Å². The van der Waals surface area contributed by atoms with Crippen LogP contribution in [0, 0.1) is 6.92 Å². The van der Waals surface area contributed by atoms with Gasteiger partial charge in [0.1, 0.15) is 0 Å².